The summed E-state index contributed by atoms with van der Waals surface area (Å²) in [5.74, 6) is -2.06. The van der Waals surface area contributed by atoms with Gasteiger partial charge in [-0.3, -0.25) is 4.79 Å². The standard InChI is InChI=1S/C14H21F2N3O/c1-4-7-19(9-12(20)18(2)3)11-6-5-10(8-17)13(15)14(11)16/h5-6H,4,7-9,17H2,1-3H3. The van der Waals surface area contributed by atoms with Crippen LogP contribution in [0.4, 0.5) is 14.5 Å². The highest BCUT2D eigenvalue weighted by Gasteiger charge is 2.19. The number of amides is 1. The molecule has 6 heteroatoms. The molecule has 1 rings (SSSR count). The van der Waals surface area contributed by atoms with Gasteiger partial charge in [0.2, 0.25) is 5.91 Å². The first-order valence-corrected chi connectivity index (χ1v) is 6.54. The maximum atomic E-state index is 14.1. The molecule has 1 amide bonds. The molecule has 0 bridgehead atoms. The third-order valence-corrected chi connectivity index (χ3v) is 3.02. The van der Waals surface area contributed by atoms with E-state index in [0.717, 1.165) is 6.42 Å². The van der Waals surface area contributed by atoms with Crippen molar-refractivity contribution >= 4 is 11.6 Å². The highest BCUT2D eigenvalue weighted by molar-refractivity contribution is 5.81. The normalized spacial score (nSPS) is 10.5. The van der Waals surface area contributed by atoms with Gasteiger partial charge in [0.1, 0.15) is 0 Å². The summed E-state index contributed by atoms with van der Waals surface area (Å²) in [6.07, 6.45) is 0.723. The van der Waals surface area contributed by atoms with Gasteiger partial charge in [-0.1, -0.05) is 13.0 Å². The predicted octanol–water partition coefficient (Wildman–Crippen LogP) is 1.73. The Morgan fingerprint density at radius 2 is 1.90 bits per heavy atom. The molecular weight excluding hydrogens is 264 g/mol. The molecular formula is C14H21F2N3O. The highest BCUT2D eigenvalue weighted by Crippen LogP contribution is 2.24. The molecule has 0 aromatic heterocycles. The topological polar surface area (TPSA) is 49.6 Å². The monoisotopic (exact) mass is 285 g/mol. The first kappa shape index (κ1) is 16.4. The zero-order valence-corrected chi connectivity index (χ0v) is 12.1. The summed E-state index contributed by atoms with van der Waals surface area (Å²) in [5.41, 5.74) is 5.56. The van der Waals surface area contributed by atoms with E-state index >= 15 is 0 Å². The van der Waals surface area contributed by atoms with Crippen LogP contribution in [0.5, 0.6) is 0 Å². The predicted molar refractivity (Wildman–Crippen MR) is 75.4 cm³/mol. The van der Waals surface area contributed by atoms with E-state index in [2.05, 4.69) is 0 Å². The molecule has 1 aromatic carbocycles. The van der Waals surface area contributed by atoms with Crippen LogP contribution in [0.25, 0.3) is 0 Å². The third-order valence-electron chi connectivity index (χ3n) is 3.02. The molecule has 0 unspecified atom stereocenters. The Hall–Kier alpha value is -1.69. The average molecular weight is 285 g/mol. The number of rotatable bonds is 6. The Morgan fingerprint density at radius 3 is 2.40 bits per heavy atom. The molecule has 0 radical (unpaired) electrons. The summed E-state index contributed by atoms with van der Waals surface area (Å²) >= 11 is 0. The van der Waals surface area contributed by atoms with E-state index in [0.29, 0.717) is 6.54 Å². The van der Waals surface area contributed by atoms with Crippen molar-refractivity contribution in [2.75, 3.05) is 32.1 Å². The van der Waals surface area contributed by atoms with Crippen molar-refractivity contribution in [3.05, 3.63) is 29.3 Å². The molecule has 0 aliphatic carbocycles. The lowest BCUT2D eigenvalue weighted by molar-refractivity contribution is -0.127. The van der Waals surface area contributed by atoms with Gasteiger partial charge in [-0.2, -0.15) is 0 Å². The van der Waals surface area contributed by atoms with Gasteiger partial charge in [-0.05, 0) is 12.5 Å². The van der Waals surface area contributed by atoms with E-state index in [4.69, 9.17) is 5.73 Å². The quantitative estimate of drug-likeness (QED) is 0.866. The van der Waals surface area contributed by atoms with Gasteiger partial charge in [0.05, 0.1) is 12.2 Å². The lowest BCUT2D eigenvalue weighted by atomic mass is 10.1. The van der Waals surface area contributed by atoms with E-state index < -0.39 is 11.6 Å². The number of benzene rings is 1. The largest absolute Gasteiger partial charge is 0.360 e. The second-order valence-corrected chi connectivity index (χ2v) is 4.79. The van der Waals surface area contributed by atoms with E-state index in [9.17, 15) is 13.6 Å². The van der Waals surface area contributed by atoms with Crippen LogP contribution in [-0.4, -0.2) is 38.0 Å². The van der Waals surface area contributed by atoms with Crippen LogP contribution in [-0.2, 0) is 11.3 Å². The maximum absolute atomic E-state index is 14.1. The second kappa shape index (κ2) is 7.19. The van der Waals surface area contributed by atoms with Gasteiger partial charge in [0.25, 0.3) is 0 Å². The summed E-state index contributed by atoms with van der Waals surface area (Å²) in [5, 5.41) is 0. The Bertz CT molecular complexity index is 478. The van der Waals surface area contributed by atoms with Crippen molar-refractivity contribution in [3.63, 3.8) is 0 Å². The molecule has 0 spiro atoms. The Morgan fingerprint density at radius 1 is 1.25 bits per heavy atom. The van der Waals surface area contributed by atoms with Crippen molar-refractivity contribution in [1.29, 1.82) is 0 Å². The number of likely N-dealkylation sites (N-methyl/N-ethyl adjacent to an activating group) is 1. The molecule has 0 atom stereocenters. The zero-order valence-electron chi connectivity index (χ0n) is 12.1. The van der Waals surface area contributed by atoms with E-state index in [1.54, 1.807) is 19.0 Å². The number of hydrogen-bond acceptors (Lipinski definition) is 3. The smallest absolute Gasteiger partial charge is 0.241 e. The number of hydrogen-bond donors (Lipinski definition) is 1. The van der Waals surface area contributed by atoms with E-state index in [1.807, 2.05) is 6.92 Å². The van der Waals surface area contributed by atoms with Crippen LogP contribution in [0, 0.1) is 11.6 Å². The first-order valence-electron chi connectivity index (χ1n) is 6.54. The number of carbonyl (C=O) groups is 1. The molecule has 0 fully saturated rings. The fraction of sp³-hybridized carbons (Fsp3) is 0.500. The fourth-order valence-corrected chi connectivity index (χ4v) is 1.84. The van der Waals surface area contributed by atoms with Crippen LogP contribution in [0.3, 0.4) is 0 Å². The maximum Gasteiger partial charge on any atom is 0.241 e. The highest BCUT2D eigenvalue weighted by atomic mass is 19.2. The van der Waals surface area contributed by atoms with Gasteiger partial charge in [-0.15, -0.1) is 0 Å². The Balaban J connectivity index is 3.09. The number of halogens is 2. The van der Waals surface area contributed by atoms with Crippen molar-refractivity contribution < 1.29 is 13.6 Å². The van der Waals surface area contributed by atoms with Crippen LogP contribution >= 0.6 is 0 Å². The van der Waals surface area contributed by atoms with Crippen LogP contribution in [0.1, 0.15) is 18.9 Å². The number of anilines is 1. The van der Waals surface area contributed by atoms with Crippen LogP contribution in [0.2, 0.25) is 0 Å². The van der Waals surface area contributed by atoms with Gasteiger partial charge >= 0.3 is 0 Å². The molecule has 0 saturated heterocycles. The van der Waals surface area contributed by atoms with Gasteiger partial charge < -0.3 is 15.5 Å². The van der Waals surface area contributed by atoms with Crippen LogP contribution < -0.4 is 10.6 Å². The minimum atomic E-state index is -0.951. The SMILES string of the molecule is CCCN(CC(=O)N(C)C)c1ccc(CN)c(F)c1F. The van der Waals surface area contributed by atoms with E-state index in [1.165, 1.54) is 17.0 Å². The van der Waals surface area contributed by atoms with Crippen molar-refractivity contribution in [1.82, 2.24) is 4.90 Å². The molecule has 0 heterocycles. The number of carbonyl (C=O) groups excluding carboxylic acids is 1. The summed E-state index contributed by atoms with van der Waals surface area (Å²) in [6.45, 7) is 2.33. The van der Waals surface area contributed by atoms with Gasteiger partial charge in [0.15, 0.2) is 11.6 Å². The van der Waals surface area contributed by atoms with Crippen molar-refractivity contribution in [2.45, 2.75) is 19.9 Å². The fourth-order valence-electron chi connectivity index (χ4n) is 1.84. The van der Waals surface area contributed by atoms with Crippen molar-refractivity contribution in [3.8, 4) is 0 Å². The van der Waals surface area contributed by atoms with Gasteiger partial charge in [-0.25, -0.2) is 8.78 Å². The minimum absolute atomic E-state index is 0.0131. The molecule has 20 heavy (non-hydrogen) atoms. The molecule has 2 N–H and O–H groups in total. The molecule has 4 nitrogen and oxygen atoms in total. The zero-order chi connectivity index (χ0) is 15.3. The first-order chi connectivity index (χ1) is 9.42. The lowest BCUT2D eigenvalue weighted by Crippen LogP contribution is -2.37. The molecule has 1 aromatic rings. The van der Waals surface area contributed by atoms with Crippen LogP contribution in [0.15, 0.2) is 12.1 Å². The molecule has 112 valence electrons. The second-order valence-electron chi connectivity index (χ2n) is 4.79. The number of nitrogens with two attached hydrogens (primary N) is 1. The van der Waals surface area contributed by atoms with Gasteiger partial charge in [0, 0.05) is 32.7 Å². The number of nitrogens with zero attached hydrogens (tertiary/aromatic N) is 2. The summed E-state index contributed by atoms with van der Waals surface area (Å²) in [7, 11) is 3.25. The average Bonchev–Trinajstić information content (AvgIpc) is 2.41. The molecule has 0 saturated carbocycles. The molecule has 0 aliphatic heterocycles. The summed E-state index contributed by atoms with van der Waals surface area (Å²) < 4.78 is 27.9. The Kier molecular flexibility index (Phi) is 5.88. The minimum Gasteiger partial charge on any atom is -0.360 e. The third kappa shape index (κ3) is 3.66. The van der Waals surface area contributed by atoms with E-state index in [-0.39, 0.29) is 30.2 Å². The Labute approximate surface area is 118 Å². The van der Waals surface area contributed by atoms with Crippen molar-refractivity contribution in [2.24, 2.45) is 5.73 Å². The molecule has 0 aliphatic rings. The summed E-state index contributed by atoms with van der Waals surface area (Å²) in [4.78, 5) is 14.7. The lowest BCUT2D eigenvalue weighted by Gasteiger charge is -2.26. The summed E-state index contributed by atoms with van der Waals surface area (Å²) in [6, 6.07) is 2.93.